The average Bonchev–Trinajstić information content (AvgIpc) is 2.94. The van der Waals surface area contributed by atoms with Gasteiger partial charge in [-0.15, -0.1) is 11.3 Å². The van der Waals surface area contributed by atoms with Crippen LogP contribution in [0.25, 0.3) is 22.6 Å². The summed E-state index contributed by atoms with van der Waals surface area (Å²) < 4.78 is 1.74. The first-order valence-electron chi connectivity index (χ1n) is 6.24. The van der Waals surface area contributed by atoms with Crippen LogP contribution in [-0.2, 0) is 7.05 Å². The maximum atomic E-state index is 5.92. The Morgan fingerprint density at radius 2 is 2.00 bits per heavy atom. The Kier molecular flexibility index (Phi) is 3.02. The van der Waals surface area contributed by atoms with Gasteiger partial charge in [0, 0.05) is 40.2 Å². The van der Waals surface area contributed by atoms with Gasteiger partial charge in [-0.05, 0) is 19.9 Å². The predicted octanol–water partition coefficient (Wildman–Crippen LogP) is 2.80. The van der Waals surface area contributed by atoms with Gasteiger partial charge in [-0.3, -0.25) is 4.68 Å². The number of hydrogen-bond donors (Lipinski definition) is 1. The fourth-order valence-electron chi connectivity index (χ4n) is 2.14. The zero-order valence-electron chi connectivity index (χ0n) is 11.6. The highest BCUT2D eigenvalue weighted by atomic mass is 32.1. The minimum Gasteiger partial charge on any atom is -0.384 e. The van der Waals surface area contributed by atoms with Crippen LogP contribution in [0.5, 0.6) is 0 Å². The molecule has 0 radical (unpaired) electrons. The summed E-state index contributed by atoms with van der Waals surface area (Å²) in [5.74, 6) is 1.14. The molecule has 0 aliphatic carbocycles. The maximum Gasteiger partial charge on any atom is 0.163 e. The zero-order chi connectivity index (χ0) is 14.3. The molecular weight excluding hydrogens is 270 g/mol. The van der Waals surface area contributed by atoms with E-state index in [0.717, 1.165) is 16.8 Å². The second-order valence-corrected chi connectivity index (χ2v) is 6.19. The van der Waals surface area contributed by atoms with Gasteiger partial charge in [0.25, 0.3) is 0 Å². The third-order valence-electron chi connectivity index (χ3n) is 3.03. The Morgan fingerprint density at radius 1 is 1.20 bits per heavy atom. The number of nitrogens with two attached hydrogens (primary N) is 1. The number of aromatic nitrogens is 4. The molecule has 3 rings (SSSR count). The summed E-state index contributed by atoms with van der Waals surface area (Å²) in [4.78, 5) is 11.4. The monoisotopic (exact) mass is 285 g/mol. The molecule has 3 aromatic heterocycles. The van der Waals surface area contributed by atoms with Crippen molar-refractivity contribution < 1.29 is 0 Å². The van der Waals surface area contributed by atoms with Crippen LogP contribution in [0.3, 0.4) is 0 Å². The number of hydrogen-bond acceptors (Lipinski definition) is 5. The summed E-state index contributed by atoms with van der Waals surface area (Å²) in [5, 5.41) is 4.16. The molecule has 102 valence electrons. The van der Waals surface area contributed by atoms with Crippen molar-refractivity contribution in [1.29, 1.82) is 0 Å². The van der Waals surface area contributed by atoms with E-state index < -0.39 is 0 Å². The van der Waals surface area contributed by atoms with E-state index in [0.29, 0.717) is 11.6 Å². The van der Waals surface area contributed by atoms with Crippen LogP contribution in [0.15, 0.2) is 24.5 Å². The first-order valence-corrected chi connectivity index (χ1v) is 7.05. The van der Waals surface area contributed by atoms with Crippen molar-refractivity contribution in [3.8, 4) is 22.6 Å². The van der Waals surface area contributed by atoms with Gasteiger partial charge in [0.2, 0.25) is 0 Å². The molecular formula is C14H15N5S. The van der Waals surface area contributed by atoms with Crippen molar-refractivity contribution in [1.82, 2.24) is 19.7 Å². The van der Waals surface area contributed by atoms with Crippen LogP contribution in [0.1, 0.15) is 9.75 Å². The highest BCUT2D eigenvalue weighted by molar-refractivity contribution is 7.12. The zero-order valence-corrected chi connectivity index (χ0v) is 12.4. The maximum absolute atomic E-state index is 5.92. The second-order valence-electron chi connectivity index (χ2n) is 4.73. The molecule has 0 fully saturated rings. The third kappa shape index (κ3) is 2.30. The summed E-state index contributed by atoms with van der Waals surface area (Å²) in [6.07, 6.45) is 3.69. The number of aryl methyl sites for hydroxylation is 3. The van der Waals surface area contributed by atoms with Crippen LogP contribution in [0.4, 0.5) is 5.82 Å². The fraction of sp³-hybridized carbons (Fsp3) is 0.214. The molecule has 6 heteroatoms. The van der Waals surface area contributed by atoms with Crippen molar-refractivity contribution in [3.05, 3.63) is 34.3 Å². The van der Waals surface area contributed by atoms with Gasteiger partial charge in [-0.25, -0.2) is 9.97 Å². The van der Waals surface area contributed by atoms with Gasteiger partial charge in [0.15, 0.2) is 5.82 Å². The number of anilines is 1. The summed E-state index contributed by atoms with van der Waals surface area (Å²) in [5.41, 5.74) is 8.70. The number of rotatable bonds is 2. The van der Waals surface area contributed by atoms with E-state index in [1.54, 1.807) is 28.3 Å². The molecule has 0 spiro atoms. The van der Waals surface area contributed by atoms with Crippen molar-refractivity contribution in [2.45, 2.75) is 13.8 Å². The SMILES string of the molecule is Cc1cc(-c2nc(N)cc(-c3cnn(C)c3)n2)c(C)s1. The highest BCUT2D eigenvalue weighted by Crippen LogP contribution is 2.30. The summed E-state index contributed by atoms with van der Waals surface area (Å²) >= 11 is 1.74. The van der Waals surface area contributed by atoms with Gasteiger partial charge < -0.3 is 5.73 Å². The highest BCUT2D eigenvalue weighted by Gasteiger charge is 2.12. The van der Waals surface area contributed by atoms with Gasteiger partial charge in [0.05, 0.1) is 11.9 Å². The lowest BCUT2D eigenvalue weighted by molar-refractivity contribution is 0.768. The molecule has 3 heterocycles. The normalized spacial score (nSPS) is 10.9. The number of thiophene rings is 1. The average molecular weight is 285 g/mol. The molecule has 2 N–H and O–H groups in total. The Bertz CT molecular complexity index is 772. The fourth-order valence-corrected chi connectivity index (χ4v) is 3.06. The first-order chi connectivity index (χ1) is 9.52. The van der Waals surface area contributed by atoms with E-state index in [2.05, 4.69) is 35.0 Å². The molecule has 0 atom stereocenters. The second kappa shape index (κ2) is 4.72. The topological polar surface area (TPSA) is 69.6 Å². The molecule has 20 heavy (non-hydrogen) atoms. The lowest BCUT2D eigenvalue weighted by Gasteiger charge is -2.04. The summed E-state index contributed by atoms with van der Waals surface area (Å²) in [6.45, 7) is 4.15. The van der Waals surface area contributed by atoms with E-state index in [4.69, 9.17) is 5.73 Å². The number of nitrogens with zero attached hydrogens (tertiary/aromatic N) is 4. The van der Waals surface area contributed by atoms with Crippen molar-refractivity contribution in [3.63, 3.8) is 0 Å². The molecule has 0 bridgehead atoms. The van der Waals surface area contributed by atoms with Crippen LogP contribution in [0, 0.1) is 13.8 Å². The molecule has 0 unspecified atom stereocenters. The molecule has 0 aromatic carbocycles. The van der Waals surface area contributed by atoms with Crippen molar-refractivity contribution >= 4 is 17.2 Å². The van der Waals surface area contributed by atoms with Crippen molar-refractivity contribution in [2.24, 2.45) is 7.05 Å². The van der Waals surface area contributed by atoms with E-state index >= 15 is 0 Å². The van der Waals surface area contributed by atoms with Crippen LogP contribution in [0.2, 0.25) is 0 Å². The minimum atomic E-state index is 0.470. The molecule has 3 aromatic rings. The third-order valence-corrected chi connectivity index (χ3v) is 3.99. The summed E-state index contributed by atoms with van der Waals surface area (Å²) in [6, 6.07) is 3.87. The molecule has 0 aliphatic rings. The van der Waals surface area contributed by atoms with Crippen LogP contribution in [-0.4, -0.2) is 19.7 Å². The van der Waals surface area contributed by atoms with E-state index in [1.165, 1.54) is 9.75 Å². The molecule has 0 aliphatic heterocycles. The predicted molar refractivity (Wildman–Crippen MR) is 81.4 cm³/mol. The summed E-state index contributed by atoms with van der Waals surface area (Å²) in [7, 11) is 1.88. The lowest BCUT2D eigenvalue weighted by atomic mass is 10.2. The van der Waals surface area contributed by atoms with Gasteiger partial charge in [0.1, 0.15) is 5.82 Å². The van der Waals surface area contributed by atoms with Gasteiger partial charge in [-0.2, -0.15) is 5.10 Å². The largest absolute Gasteiger partial charge is 0.384 e. The quantitative estimate of drug-likeness (QED) is 0.786. The Hall–Kier alpha value is -2.21. The first kappa shape index (κ1) is 12.8. The Balaban J connectivity index is 2.14. The van der Waals surface area contributed by atoms with E-state index in [9.17, 15) is 0 Å². The van der Waals surface area contributed by atoms with Crippen molar-refractivity contribution in [2.75, 3.05) is 5.73 Å². The smallest absolute Gasteiger partial charge is 0.163 e. The van der Waals surface area contributed by atoms with E-state index in [1.807, 2.05) is 13.2 Å². The molecule has 5 nitrogen and oxygen atoms in total. The molecule has 0 amide bonds. The minimum absolute atomic E-state index is 0.470. The Labute approximate surface area is 121 Å². The molecule has 0 saturated carbocycles. The van der Waals surface area contributed by atoms with E-state index in [-0.39, 0.29) is 0 Å². The van der Waals surface area contributed by atoms with Crippen LogP contribution < -0.4 is 5.73 Å². The molecule has 0 saturated heterocycles. The van der Waals surface area contributed by atoms with Gasteiger partial charge in [-0.1, -0.05) is 0 Å². The standard InChI is InChI=1S/C14H15N5S/c1-8-4-11(9(2)20-8)14-17-12(5-13(15)18-14)10-6-16-19(3)7-10/h4-7H,1-3H3,(H2,15,17,18). The number of nitrogen functional groups attached to an aromatic ring is 1. The van der Waals surface area contributed by atoms with Crippen LogP contribution >= 0.6 is 11.3 Å². The lowest BCUT2D eigenvalue weighted by Crippen LogP contribution is -1.97. The van der Waals surface area contributed by atoms with Gasteiger partial charge >= 0.3 is 0 Å². The Morgan fingerprint density at radius 3 is 2.60 bits per heavy atom.